The Hall–Kier alpha value is -2.45. The minimum Gasteiger partial charge on any atom is -0.502 e. The highest BCUT2D eigenvalue weighted by molar-refractivity contribution is 9.10. The van der Waals surface area contributed by atoms with Crippen molar-refractivity contribution >= 4 is 44.9 Å². The second-order valence-corrected chi connectivity index (χ2v) is 7.58. The second kappa shape index (κ2) is 8.06. The molecular weight excluding hydrogens is 434 g/mol. The topological polar surface area (TPSA) is 76.1 Å². The molecular formula is C19H16BrNO5S. The van der Waals surface area contributed by atoms with E-state index in [9.17, 15) is 14.7 Å². The molecule has 2 aromatic rings. The lowest BCUT2D eigenvalue weighted by atomic mass is 10.1. The third kappa shape index (κ3) is 4.12. The van der Waals surface area contributed by atoms with Gasteiger partial charge in [-0.25, -0.2) is 0 Å². The molecule has 3 rings (SSSR count). The molecule has 1 heterocycles. The number of amides is 2. The number of carbonyl (C=O) groups is 2. The number of halogens is 1. The summed E-state index contributed by atoms with van der Waals surface area (Å²) >= 11 is 4.26. The molecule has 0 atom stereocenters. The molecule has 1 fully saturated rings. The largest absolute Gasteiger partial charge is 0.502 e. The van der Waals surface area contributed by atoms with Gasteiger partial charge < -0.3 is 14.6 Å². The van der Waals surface area contributed by atoms with E-state index >= 15 is 0 Å². The van der Waals surface area contributed by atoms with Crippen molar-refractivity contribution in [3.05, 3.63) is 56.9 Å². The van der Waals surface area contributed by atoms with Gasteiger partial charge in [0.1, 0.15) is 0 Å². The van der Waals surface area contributed by atoms with Gasteiger partial charge >= 0.3 is 0 Å². The number of imide groups is 1. The number of benzene rings is 2. The van der Waals surface area contributed by atoms with Crippen molar-refractivity contribution in [2.24, 2.45) is 0 Å². The van der Waals surface area contributed by atoms with Crippen LogP contribution < -0.4 is 9.47 Å². The van der Waals surface area contributed by atoms with Crippen LogP contribution in [0, 0.1) is 0 Å². The van der Waals surface area contributed by atoms with Crippen molar-refractivity contribution < 1.29 is 24.2 Å². The van der Waals surface area contributed by atoms with Crippen LogP contribution in [0.2, 0.25) is 0 Å². The Labute approximate surface area is 168 Å². The summed E-state index contributed by atoms with van der Waals surface area (Å²) in [6.45, 7) is 0.198. The average Bonchev–Trinajstić information content (AvgIpc) is 2.90. The number of hydrogen-bond acceptors (Lipinski definition) is 6. The van der Waals surface area contributed by atoms with Gasteiger partial charge in [-0.1, -0.05) is 28.1 Å². The first-order valence-corrected chi connectivity index (χ1v) is 9.48. The van der Waals surface area contributed by atoms with E-state index in [4.69, 9.17) is 9.47 Å². The van der Waals surface area contributed by atoms with Gasteiger partial charge in [-0.3, -0.25) is 14.5 Å². The van der Waals surface area contributed by atoms with Crippen LogP contribution in [-0.2, 0) is 11.3 Å². The predicted molar refractivity (Wildman–Crippen MR) is 107 cm³/mol. The summed E-state index contributed by atoms with van der Waals surface area (Å²) in [6, 6.07) is 10.6. The lowest BCUT2D eigenvalue weighted by Crippen LogP contribution is -2.27. The van der Waals surface area contributed by atoms with E-state index in [1.54, 1.807) is 18.2 Å². The maximum Gasteiger partial charge on any atom is 0.293 e. The van der Waals surface area contributed by atoms with Crippen LogP contribution in [0.5, 0.6) is 17.2 Å². The Morgan fingerprint density at radius 1 is 1.15 bits per heavy atom. The lowest BCUT2D eigenvalue weighted by Gasteiger charge is -2.12. The highest BCUT2D eigenvalue weighted by Crippen LogP contribution is 2.39. The van der Waals surface area contributed by atoms with Crippen LogP contribution in [0.3, 0.4) is 0 Å². The summed E-state index contributed by atoms with van der Waals surface area (Å²) in [6.07, 6.45) is 1.58. The molecule has 2 amide bonds. The van der Waals surface area contributed by atoms with Gasteiger partial charge in [-0.2, -0.15) is 0 Å². The van der Waals surface area contributed by atoms with E-state index in [1.165, 1.54) is 19.1 Å². The maximum absolute atomic E-state index is 12.7. The molecule has 1 aliphatic heterocycles. The van der Waals surface area contributed by atoms with Crippen LogP contribution in [0.1, 0.15) is 11.1 Å². The summed E-state index contributed by atoms with van der Waals surface area (Å²) in [5, 5.41) is 9.66. The van der Waals surface area contributed by atoms with Gasteiger partial charge in [-0.15, -0.1) is 0 Å². The van der Waals surface area contributed by atoms with E-state index in [1.807, 2.05) is 24.3 Å². The Balaban J connectivity index is 1.88. The van der Waals surface area contributed by atoms with Gasteiger partial charge in [0.05, 0.1) is 25.7 Å². The zero-order chi connectivity index (χ0) is 19.6. The fourth-order valence-electron chi connectivity index (χ4n) is 2.60. The molecule has 0 saturated carbocycles. The molecule has 0 bridgehead atoms. The summed E-state index contributed by atoms with van der Waals surface area (Å²) < 4.78 is 11.1. The molecule has 0 aliphatic carbocycles. The number of carbonyl (C=O) groups excluding carboxylic acids is 2. The Morgan fingerprint density at radius 2 is 1.81 bits per heavy atom. The maximum atomic E-state index is 12.7. The van der Waals surface area contributed by atoms with Crippen LogP contribution in [-0.4, -0.2) is 35.4 Å². The van der Waals surface area contributed by atoms with Crippen LogP contribution in [0.15, 0.2) is 45.8 Å². The van der Waals surface area contributed by atoms with Crippen molar-refractivity contribution in [2.45, 2.75) is 6.54 Å². The molecule has 0 spiro atoms. The van der Waals surface area contributed by atoms with Crippen molar-refractivity contribution in [1.82, 2.24) is 4.90 Å². The number of thioether (sulfide) groups is 1. The summed E-state index contributed by atoms with van der Waals surface area (Å²) in [5.41, 5.74) is 1.43. The highest BCUT2D eigenvalue weighted by Gasteiger charge is 2.35. The summed E-state index contributed by atoms with van der Waals surface area (Å²) in [5.74, 6) is -0.0566. The van der Waals surface area contributed by atoms with Crippen LogP contribution >= 0.6 is 27.7 Å². The second-order valence-electron chi connectivity index (χ2n) is 5.67. The molecule has 27 heavy (non-hydrogen) atoms. The van der Waals surface area contributed by atoms with Crippen molar-refractivity contribution in [1.29, 1.82) is 0 Å². The minimum atomic E-state index is -0.365. The van der Waals surface area contributed by atoms with Gasteiger partial charge in [0.15, 0.2) is 11.5 Å². The van der Waals surface area contributed by atoms with E-state index < -0.39 is 0 Å². The van der Waals surface area contributed by atoms with Crippen molar-refractivity contribution in [2.75, 3.05) is 14.2 Å². The number of aromatic hydroxyl groups is 1. The van der Waals surface area contributed by atoms with Crippen LogP contribution in [0.4, 0.5) is 4.79 Å². The number of rotatable bonds is 5. The third-order valence-corrected chi connectivity index (χ3v) is 5.30. The van der Waals surface area contributed by atoms with E-state index in [-0.39, 0.29) is 34.9 Å². The zero-order valence-electron chi connectivity index (χ0n) is 14.6. The monoisotopic (exact) mass is 449 g/mol. The third-order valence-electron chi connectivity index (χ3n) is 3.90. The molecule has 1 saturated heterocycles. The normalized spacial score (nSPS) is 15.5. The molecule has 2 aromatic carbocycles. The smallest absolute Gasteiger partial charge is 0.293 e. The van der Waals surface area contributed by atoms with E-state index in [0.717, 1.165) is 21.8 Å². The molecule has 1 N–H and O–H groups in total. The summed E-state index contributed by atoms with van der Waals surface area (Å²) in [4.78, 5) is 26.5. The number of phenols is 1. The Bertz CT molecular complexity index is 918. The minimum absolute atomic E-state index is 0.125. The first kappa shape index (κ1) is 19.3. The molecule has 0 unspecified atom stereocenters. The fourth-order valence-corrected chi connectivity index (χ4v) is 3.89. The average molecular weight is 450 g/mol. The van der Waals surface area contributed by atoms with Crippen molar-refractivity contribution in [3.63, 3.8) is 0 Å². The Kier molecular flexibility index (Phi) is 5.76. The van der Waals surface area contributed by atoms with Gasteiger partial charge in [0.25, 0.3) is 11.1 Å². The first-order chi connectivity index (χ1) is 12.9. The lowest BCUT2D eigenvalue weighted by molar-refractivity contribution is -0.123. The SMILES string of the molecule is COc1cc(/C=C2/SC(=O)N(Cc3cccc(Br)c3)C2=O)cc(OC)c1O. The molecule has 8 heteroatoms. The fraction of sp³-hybridized carbons (Fsp3) is 0.158. The number of methoxy groups -OCH3 is 2. The van der Waals surface area contributed by atoms with E-state index in [0.29, 0.717) is 10.5 Å². The zero-order valence-corrected chi connectivity index (χ0v) is 17.0. The molecule has 0 radical (unpaired) electrons. The predicted octanol–water partition coefficient (Wildman–Crippen LogP) is 4.41. The standard InChI is InChI=1S/C19H16BrNO5S/c1-25-14-7-12(8-15(26-2)17(14)22)9-16-18(23)21(19(24)27-16)10-11-4-3-5-13(20)6-11/h3-9,22H,10H2,1-2H3/b16-9+. The first-order valence-electron chi connectivity index (χ1n) is 7.87. The van der Waals surface area contributed by atoms with Crippen molar-refractivity contribution in [3.8, 4) is 17.2 Å². The van der Waals surface area contributed by atoms with E-state index in [2.05, 4.69) is 15.9 Å². The van der Waals surface area contributed by atoms with Crippen LogP contribution in [0.25, 0.3) is 6.08 Å². The number of nitrogens with zero attached hydrogens (tertiary/aromatic N) is 1. The molecule has 0 aromatic heterocycles. The van der Waals surface area contributed by atoms with Gasteiger partial charge in [0, 0.05) is 4.47 Å². The van der Waals surface area contributed by atoms with Gasteiger partial charge in [-0.05, 0) is 53.2 Å². The van der Waals surface area contributed by atoms with Gasteiger partial charge in [0.2, 0.25) is 5.75 Å². The number of phenolic OH excluding ortho intramolecular Hbond substituents is 1. The molecule has 6 nitrogen and oxygen atoms in total. The summed E-state index contributed by atoms with van der Waals surface area (Å²) in [7, 11) is 2.84. The number of hydrogen-bond donors (Lipinski definition) is 1. The molecule has 1 aliphatic rings. The molecule has 140 valence electrons. The highest BCUT2D eigenvalue weighted by atomic mass is 79.9. The Morgan fingerprint density at radius 3 is 2.41 bits per heavy atom. The number of ether oxygens (including phenoxy) is 2. The quantitative estimate of drug-likeness (QED) is 0.681.